The van der Waals surface area contributed by atoms with Crippen LogP contribution in [-0.4, -0.2) is 27.1 Å². The number of carbonyl (C=O) groups excluding carboxylic acids is 1. The molecular weight excluding hydrogens is 348 g/mol. The first-order chi connectivity index (χ1) is 13.7. The summed E-state index contributed by atoms with van der Waals surface area (Å²) in [6.07, 6.45) is 7.01. The van der Waals surface area contributed by atoms with Gasteiger partial charge in [-0.2, -0.15) is 5.10 Å². The Morgan fingerprint density at radius 2 is 2.00 bits per heavy atom. The van der Waals surface area contributed by atoms with E-state index in [1.165, 1.54) is 5.56 Å². The lowest BCUT2D eigenvalue weighted by Crippen LogP contribution is -2.05. The van der Waals surface area contributed by atoms with E-state index >= 15 is 0 Å². The number of Topliss-reactive ketones (excluding diaryl/α,β-unsaturated/α-hetero) is 1. The van der Waals surface area contributed by atoms with Crippen LogP contribution < -0.4 is 5.32 Å². The lowest BCUT2D eigenvalue weighted by molar-refractivity contribution is 0.0992. The Balaban J connectivity index is 1.43. The normalized spacial score (nSPS) is 12.8. The first-order valence-electron chi connectivity index (χ1n) is 9.43. The molecule has 0 bridgehead atoms. The molecule has 5 nitrogen and oxygen atoms in total. The lowest BCUT2D eigenvalue weighted by Gasteiger charge is -2.06. The quantitative estimate of drug-likeness (QED) is 0.553. The maximum atomic E-state index is 12.8. The Morgan fingerprint density at radius 3 is 2.86 bits per heavy atom. The molecule has 0 radical (unpaired) electrons. The van der Waals surface area contributed by atoms with Crippen molar-refractivity contribution >= 4 is 22.2 Å². The van der Waals surface area contributed by atoms with Crippen LogP contribution in [0.5, 0.6) is 0 Å². The molecule has 1 aliphatic heterocycles. The second-order valence-electron chi connectivity index (χ2n) is 7.29. The number of aromatic nitrogens is 3. The average Bonchev–Trinajstić information content (AvgIpc) is 3.35. The molecule has 0 fully saturated rings. The van der Waals surface area contributed by atoms with Crippen molar-refractivity contribution in [3.63, 3.8) is 0 Å². The first kappa shape index (κ1) is 16.7. The fourth-order valence-electron chi connectivity index (χ4n) is 3.76. The highest BCUT2D eigenvalue weighted by atomic mass is 16.1. The number of ketones is 1. The molecule has 1 N–H and O–H groups in total. The van der Waals surface area contributed by atoms with Crippen LogP contribution in [0.15, 0.2) is 61.1 Å². The molecule has 4 aromatic rings. The molecular formula is C23H20N4O. The third kappa shape index (κ3) is 3.05. The van der Waals surface area contributed by atoms with E-state index < -0.39 is 0 Å². The fourth-order valence-corrected chi connectivity index (χ4v) is 3.76. The van der Waals surface area contributed by atoms with E-state index in [1.807, 2.05) is 43.8 Å². The number of nitrogens with zero attached hydrogens (tertiary/aromatic N) is 3. The van der Waals surface area contributed by atoms with Gasteiger partial charge < -0.3 is 5.32 Å². The largest absolute Gasteiger partial charge is 0.384 e. The van der Waals surface area contributed by atoms with Crippen molar-refractivity contribution in [2.24, 2.45) is 7.05 Å². The van der Waals surface area contributed by atoms with Gasteiger partial charge in [0.05, 0.1) is 12.6 Å². The molecule has 0 saturated carbocycles. The van der Waals surface area contributed by atoms with Crippen LogP contribution in [0.3, 0.4) is 0 Å². The smallest absolute Gasteiger partial charge is 0.168 e. The maximum Gasteiger partial charge on any atom is 0.168 e. The van der Waals surface area contributed by atoms with Crippen LogP contribution in [0, 0.1) is 0 Å². The average molecular weight is 368 g/mol. The van der Waals surface area contributed by atoms with Gasteiger partial charge in [-0.3, -0.25) is 14.5 Å². The van der Waals surface area contributed by atoms with Gasteiger partial charge in [-0.25, -0.2) is 0 Å². The number of anilines is 1. The summed E-state index contributed by atoms with van der Waals surface area (Å²) in [7, 11) is 1.91. The minimum atomic E-state index is 0.0896. The zero-order chi connectivity index (χ0) is 19.1. The molecule has 2 aromatic heterocycles. The van der Waals surface area contributed by atoms with Gasteiger partial charge in [0.2, 0.25) is 0 Å². The van der Waals surface area contributed by atoms with Gasteiger partial charge in [0.25, 0.3) is 0 Å². The molecule has 1 aliphatic rings. The zero-order valence-electron chi connectivity index (χ0n) is 15.6. The molecule has 28 heavy (non-hydrogen) atoms. The Morgan fingerprint density at radius 1 is 1.07 bits per heavy atom. The zero-order valence-corrected chi connectivity index (χ0v) is 15.6. The second kappa shape index (κ2) is 6.60. The molecule has 0 atom stereocenters. The molecule has 2 aromatic carbocycles. The maximum absolute atomic E-state index is 12.8. The highest BCUT2D eigenvalue weighted by Crippen LogP contribution is 2.26. The molecule has 3 heterocycles. The van der Waals surface area contributed by atoms with Gasteiger partial charge in [-0.15, -0.1) is 0 Å². The predicted octanol–water partition coefficient (Wildman–Crippen LogP) is 4.03. The third-order valence-electron chi connectivity index (χ3n) is 5.30. The Labute approximate surface area is 163 Å². The predicted molar refractivity (Wildman–Crippen MR) is 111 cm³/mol. The minimum absolute atomic E-state index is 0.0896. The summed E-state index contributed by atoms with van der Waals surface area (Å²) in [6.45, 7) is 0.943. The van der Waals surface area contributed by atoms with Gasteiger partial charge in [0, 0.05) is 53.9 Å². The molecule has 0 amide bonds. The number of fused-ring (bicyclic) bond motifs is 2. The summed E-state index contributed by atoms with van der Waals surface area (Å²) in [6, 6.07) is 14.2. The molecule has 5 rings (SSSR count). The van der Waals surface area contributed by atoms with Crippen molar-refractivity contribution < 1.29 is 4.79 Å². The van der Waals surface area contributed by atoms with Gasteiger partial charge >= 0.3 is 0 Å². The van der Waals surface area contributed by atoms with Crippen molar-refractivity contribution in [3.05, 3.63) is 77.9 Å². The van der Waals surface area contributed by atoms with Crippen LogP contribution in [0.1, 0.15) is 21.6 Å². The number of hydrogen-bond acceptors (Lipinski definition) is 4. The van der Waals surface area contributed by atoms with E-state index in [9.17, 15) is 4.79 Å². The summed E-state index contributed by atoms with van der Waals surface area (Å²) in [4.78, 5) is 17.3. The third-order valence-corrected chi connectivity index (χ3v) is 5.30. The van der Waals surface area contributed by atoms with E-state index in [0.29, 0.717) is 6.42 Å². The van der Waals surface area contributed by atoms with Crippen LogP contribution in [0.25, 0.3) is 21.9 Å². The van der Waals surface area contributed by atoms with E-state index in [2.05, 4.69) is 39.7 Å². The van der Waals surface area contributed by atoms with Crippen LogP contribution >= 0.6 is 0 Å². The first-order valence-corrected chi connectivity index (χ1v) is 9.43. The summed E-state index contributed by atoms with van der Waals surface area (Å²) >= 11 is 0. The van der Waals surface area contributed by atoms with Crippen molar-refractivity contribution in [3.8, 4) is 11.1 Å². The molecule has 138 valence electrons. The van der Waals surface area contributed by atoms with Crippen molar-refractivity contribution in [2.75, 3.05) is 11.9 Å². The summed E-state index contributed by atoms with van der Waals surface area (Å²) in [5.41, 5.74) is 6.06. The van der Waals surface area contributed by atoms with Gasteiger partial charge in [-0.1, -0.05) is 24.3 Å². The summed E-state index contributed by atoms with van der Waals surface area (Å²) in [5, 5.41) is 9.71. The monoisotopic (exact) mass is 368 g/mol. The minimum Gasteiger partial charge on any atom is -0.384 e. The lowest BCUT2D eigenvalue weighted by atomic mass is 10.0. The number of rotatable bonds is 4. The highest BCUT2D eigenvalue weighted by Gasteiger charge is 2.14. The number of pyridine rings is 1. The number of aryl methyl sites for hydroxylation is 1. The number of hydrogen-bond donors (Lipinski definition) is 1. The van der Waals surface area contributed by atoms with Crippen LogP contribution in [0.4, 0.5) is 5.69 Å². The van der Waals surface area contributed by atoms with Crippen molar-refractivity contribution in [1.82, 2.24) is 14.8 Å². The van der Waals surface area contributed by atoms with E-state index in [-0.39, 0.29) is 5.78 Å². The Kier molecular flexibility index (Phi) is 3.93. The Bertz CT molecular complexity index is 1210. The second-order valence-corrected chi connectivity index (χ2v) is 7.29. The van der Waals surface area contributed by atoms with Gasteiger partial charge in [0.15, 0.2) is 5.78 Å². The summed E-state index contributed by atoms with van der Waals surface area (Å²) < 4.78 is 1.79. The van der Waals surface area contributed by atoms with Crippen LogP contribution in [-0.2, 0) is 19.9 Å². The molecule has 0 unspecified atom stereocenters. The van der Waals surface area contributed by atoms with Crippen LogP contribution in [0.2, 0.25) is 0 Å². The van der Waals surface area contributed by atoms with E-state index in [1.54, 1.807) is 4.68 Å². The number of carbonyl (C=O) groups is 1. The van der Waals surface area contributed by atoms with Crippen molar-refractivity contribution in [1.29, 1.82) is 0 Å². The molecule has 0 aliphatic carbocycles. The van der Waals surface area contributed by atoms with Gasteiger partial charge in [-0.05, 0) is 41.1 Å². The topological polar surface area (TPSA) is 59.8 Å². The Hall–Kier alpha value is -3.47. The number of nitrogens with one attached hydrogen (secondary N) is 1. The molecule has 5 heteroatoms. The standard InChI is InChI=1S/C23H20N4O/c1-27-14-20(13-26-27)16-3-5-18-12-25-21(9-19(18)8-16)11-23(28)17-4-2-15-6-7-24-22(15)10-17/h2-5,8-10,12-14,24H,6-7,11H2,1H3. The van der Waals surface area contributed by atoms with Crippen molar-refractivity contribution in [2.45, 2.75) is 12.8 Å². The highest BCUT2D eigenvalue weighted by molar-refractivity contribution is 5.99. The molecule has 0 saturated heterocycles. The SMILES string of the molecule is Cn1cc(-c2ccc3cnc(CC(=O)c4ccc5c(c4)NCC5)cc3c2)cn1. The van der Waals surface area contributed by atoms with E-state index in [4.69, 9.17) is 0 Å². The molecule has 0 spiro atoms. The number of benzene rings is 2. The van der Waals surface area contributed by atoms with Gasteiger partial charge in [0.1, 0.15) is 0 Å². The van der Waals surface area contributed by atoms with E-state index in [0.717, 1.165) is 51.8 Å². The summed E-state index contributed by atoms with van der Waals surface area (Å²) in [5.74, 6) is 0.0896. The fraction of sp³-hybridized carbons (Fsp3) is 0.174.